The van der Waals surface area contributed by atoms with Gasteiger partial charge in [-0.2, -0.15) is 5.10 Å². The molecule has 5 nitrogen and oxygen atoms in total. The molecule has 0 aliphatic rings. The summed E-state index contributed by atoms with van der Waals surface area (Å²) in [6.45, 7) is 2.37. The van der Waals surface area contributed by atoms with Gasteiger partial charge in [0.15, 0.2) is 0 Å². The molecule has 1 aromatic heterocycles. The second-order valence-corrected chi connectivity index (χ2v) is 6.76. The summed E-state index contributed by atoms with van der Waals surface area (Å²) in [6.07, 6.45) is 1.59. The molecule has 3 aromatic rings. The van der Waals surface area contributed by atoms with Crippen molar-refractivity contribution in [3.8, 4) is 0 Å². The van der Waals surface area contributed by atoms with E-state index in [2.05, 4.69) is 26.3 Å². The van der Waals surface area contributed by atoms with Crippen LogP contribution in [0.15, 0.2) is 64.0 Å². The molecular formula is C19H18BrN3O2. The average molecular weight is 400 g/mol. The fourth-order valence-electron chi connectivity index (χ4n) is 2.72. The fraction of sp³-hybridized carbons (Fsp3) is 0.211. The monoisotopic (exact) mass is 399 g/mol. The van der Waals surface area contributed by atoms with E-state index >= 15 is 0 Å². The van der Waals surface area contributed by atoms with E-state index in [9.17, 15) is 9.59 Å². The SMILES string of the molecule is CC(NC(=O)CCn1ncc(=O)c2ccccc21)c1cccc(Br)c1. The average Bonchev–Trinajstić information content (AvgIpc) is 2.61. The standard InChI is InChI=1S/C19H18BrN3O2/c1-13(14-5-4-6-15(20)11-14)22-19(25)9-10-23-17-8-3-2-7-16(17)18(24)12-21-23/h2-8,11-13H,9-10H2,1H3,(H,22,25). The summed E-state index contributed by atoms with van der Waals surface area (Å²) in [5, 5.41) is 7.75. The predicted octanol–water partition coefficient (Wildman–Crippen LogP) is 3.43. The molecule has 128 valence electrons. The highest BCUT2D eigenvalue weighted by Crippen LogP contribution is 2.18. The molecule has 1 amide bonds. The number of benzene rings is 2. The molecule has 1 unspecified atom stereocenters. The van der Waals surface area contributed by atoms with Crippen LogP contribution in [0, 0.1) is 0 Å². The Morgan fingerprint density at radius 2 is 2.04 bits per heavy atom. The lowest BCUT2D eigenvalue weighted by Gasteiger charge is -2.15. The van der Waals surface area contributed by atoms with Crippen molar-refractivity contribution in [3.63, 3.8) is 0 Å². The number of hydrogen-bond donors (Lipinski definition) is 1. The number of aromatic nitrogens is 2. The van der Waals surface area contributed by atoms with Crippen LogP contribution in [0.1, 0.15) is 24.9 Å². The second kappa shape index (κ2) is 7.61. The molecular weight excluding hydrogens is 382 g/mol. The molecule has 0 saturated heterocycles. The predicted molar refractivity (Wildman–Crippen MR) is 101 cm³/mol. The number of aryl methyl sites for hydroxylation is 1. The van der Waals surface area contributed by atoms with Gasteiger partial charge in [-0.1, -0.05) is 40.2 Å². The molecule has 0 aliphatic heterocycles. The maximum Gasteiger partial charge on any atom is 0.222 e. The van der Waals surface area contributed by atoms with Gasteiger partial charge >= 0.3 is 0 Å². The number of hydrogen-bond acceptors (Lipinski definition) is 3. The molecule has 1 N–H and O–H groups in total. The van der Waals surface area contributed by atoms with Crippen molar-refractivity contribution < 1.29 is 4.79 Å². The lowest BCUT2D eigenvalue weighted by atomic mass is 10.1. The van der Waals surface area contributed by atoms with Gasteiger partial charge in [-0.05, 0) is 36.8 Å². The maximum atomic E-state index is 12.3. The Morgan fingerprint density at radius 3 is 2.84 bits per heavy atom. The van der Waals surface area contributed by atoms with Crippen LogP contribution >= 0.6 is 15.9 Å². The molecule has 0 bridgehead atoms. The third kappa shape index (κ3) is 4.14. The van der Waals surface area contributed by atoms with Gasteiger partial charge in [0.2, 0.25) is 11.3 Å². The van der Waals surface area contributed by atoms with Crippen LogP contribution in [0.5, 0.6) is 0 Å². The lowest BCUT2D eigenvalue weighted by molar-refractivity contribution is -0.122. The number of nitrogens with zero attached hydrogens (tertiary/aromatic N) is 2. The fourth-order valence-corrected chi connectivity index (χ4v) is 3.14. The van der Waals surface area contributed by atoms with Crippen molar-refractivity contribution in [2.45, 2.75) is 25.9 Å². The first-order valence-corrected chi connectivity index (χ1v) is 8.83. The van der Waals surface area contributed by atoms with Crippen LogP contribution in [-0.2, 0) is 11.3 Å². The minimum Gasteiger partial charge on any atom is -0.350 e. The quantitative estimate of drug-likeness (QED) is 0.714. The summed E-state index contributed by atoms with van der Waals surface area (Å²) in [6, 6.07) is 15.1. The molecule has 0 saturated carbocycles. The minimum absolute atomic E-state index is 0.0583. The van der Waals surface area contributed by atoms with E-state index in [1.54, 1.807) is 10.7 Å². The van der Waals surface area contributed by atoms with Crippen LogP contribution in [0.4, 0.5) is 0 Å². The summed E-state index contributed by atoms with van der Waals surface area (Å²) in [5.74, 6) is -0.0583. The van der Waals surface area contributed by atoms with E-state index in [0.717, 1.165) is 15.6 Å². The molecule has 3 rings (SSSR count). The summed E-state index contributed by atoms with van der Waals surface area (Å²) in [4.78, 5) is 24.1. The van der Waals surface area contributed by atoms with Crippen LogP contribution in [0.25, 0.3) is 10.9 Å². The Labute approximate surface area is 153 Å². The largest absolute Gasteiger partial charge is 0.350 e. The van der Waals surface area contributed by atoms with Gasteiger partial charge < -0.3 is 5.32 Å². The highest BCUT2D eigenvalue weighted by molar-refractivity contribution is 9.10. The van der Waals surface area contributed by atoms with Crippen LogP contribution in [0.2, 0.25) is 0 Å². The third-order valence-corrected chi connectivity index (χ3v) is 4.53. The van der Waals surface area contributed by atoms with E-state index < -0.39 is 0 Å². The molecule has 25 heavy (non-hydrogen) atoms. The van der Waals surface area contributed by atoms with E-state index in [4.69, 9.17) is 0 Å². The van der Waals surface area contributed by atoms with Crippen molar-refractivity contribution in [3.05, 3.63) is 75.0 Å². The first-order chi connectivity index (χ1) is 12.0. The highest BCUT2D eigenvalue weighted by Gasteiger charge is 2.11. The summed E-state index contributed by atoms with van der Waals surface area (Å²) >= 11 is 3.44. The summed E-state index contributed by atoms with van der Waals surface area (Å²) in [5.41, 5.74) is 1.66. The maximum absolute atomic E-state index is 12.3. The zero-order valence-corrected chi connectivity index (χ0v) is 15.4. The smallest absolute Gasteiger partial charge is 0.222 e. The Kier molecular flexibility index (Phi) is 5.28. The van der Waals surface area contributed by atoms with Gasteiger partial charge in [0.1, 0.15) is 0 Å². The van der Waals surface area contributed by atoms with E-state index in [1.165, 1.54) is 6.20 Å². The normalized spacial score (nSPS) is 12.1. The number of fused-ring (bicyclic) bond motifs is 1. The summed E-state index contributed by atoms with van der Waals surface area (Å²) in [7, 11) is 0. The topological polar surface area (TPSA) is 64.0 Å². The number of amides is 1. The first kappa shape index (κ1) is 17.4. The Hall–Kier alpha value is -2.47. The third-order valence-electron chi connectivity index (χ3n) is 4.04. The van der Waals surface area contributed by atoms with Crippen molar-refractivity contribution in [1.29, 1.82) is 0 Å². The molecule has 0 aliphatic carbocycles. The van der Waals surface area contributed by atoms with E-state index in [1.807, 2.05) is 49.4 Å². The molecule has 0 radical (unpaired) electrons. The van der Waals surface area contributed by atoms with Gasteiger partial charge in [-0.15, -0.1) is 0 Å². The van der Waals surface area contributed by atoms with Gasteiger partial charge in [0.25, 0.3) is 0 Å². The lowest BCUT2D eigenvalue weighted by Crippen LogP contribution is -2.28. The highest BCUT2D eigenvalue weighted by atomic mass is 79.9. The zero-order chi connectivity index (χ0) is 17.8. The molecule has 0 fully saturated rings. The minimum atomic E-state index is -0.112. The molecule has 1 heterocycles. The molecule has 1 atom stereocenters. The first-order valence-electron chi connectivity index (χ1n) is 8.04. The number of carbonyl (C=O) groups excluding carboxylic acids is 1. The van der Waals surface area contributed by atoms with Crippen molar-refractivity contribution in [1.82, 2.24) is 15.1 Å². The molecule has 6 heteroatoms. The van der Waals surface area contributed by atoms with Gasteiger partial charge in [-0.3, -0.25) is 14.3 Å². The van der Waals surface area contributed by atoms with Crippen molar-refractivity contribution in [2.75, 3.05) is 0 Å². The summed E-state index contributed by atoms with van der Waals surface area (Å²) < 4.78 is 2.68. The Bertz CT molecular complexity index is 968. The number of halogens is 1. The van der Waals surface area contributed by atoms with E-state index in [0.29, 0.717) is 11.9 Å². The van der Waals surface area contributed by atoms with Gasteiger partial charge in [0, 0.05) is 16.3 Å². The number of rotatable bonds is 5. The van der Waals surface area contributed by atoms with Crippen LogP contribution in [0.3, 0.4) is 0 Å². The van der Waals surface area contributed by atoms with Crippen LogP contribution in [-0.4, -0.2) is 15.7 Å². The number of para-hydroxylation sites is 1. The Balaban J connectivity index is 1.67. The number of nitrogens with one attached hydrogen (secondary N) is 1. The van der Waals surface area contributed by atoms with E-state index in [-0.39, 0.29) is 23.8 Å². The van der Waals surface area contributed by atoms with Crippen molar-refractivity contribution in [2.24, 2.45) is 0 Å². The molecule has 0 spiro atoms. The second-order valence-electron chi connectivity index (χ2n) is 5.84. The van der Waals surface area contributed by atoms with Gasteiger partial charge in [-0.25, -0.2) is 0 Å². The Morgan fingerprint density at radius 1 is 1.24 bits per heavy atom. The zero-order valence-electron chi connectivity index (χ0n) is 13.8. The number of carbonyl (C=O) groups is 1. The van der Waals surface area contributed by atoms with Crippen molar-refractivity contribution >= 4 is 32.7 Å². The van der Waals surface area contributed by atoms with Gasteiger partial charge in [0.05, 0.1) is 24.3 Å². The molecule has 2 aromatic carbocycles. The van der Waals surface area contributed by atoms with Crippen LogP contribution < -0.4 is 10.7 Å².